The minimum Gasteiger partial charge on any atom is -0.485 e. The molecule has 0 bridgehead atoms. The largest absolute Gasteiger partial charge is 0.485 e. The molecule has 3 nitrogen and oxygen atoms in total. The molecule has 208 valence electrons. The van der Waals surface area contributed by atoms with Crippen LogP contribution < -0.4 is 4.74 Å². The summed E-state index contributed by atoms with van der Waals surface area (Å²) in [6.07, 6.45) is 8.66. The monoisotopic (exact) mass is 564 g/mol. The minimum atomic E-state index is -0.165. The summed E-state index contributed by atoms with van der Waals surface area (Å²) in [6, 6.07) is 42.9. The first-order valence-corrected chi connectivity index (χ1v) is 15.1. The van der Waals surface area contributed by atoms with Gasteiger partial charge in [0.1, 0.15) is 11.9 Å². The van der Waals surface area contributed by atoms with E-state index < -0.39 is 0 Å². The third kappa shape index (κ3) is 3.76. The van der Waals surface area contributed by atoms with Gasteiger partial charge in [0.25, 0.3) is 0 Å². The van der Waals surface area contributed by atoms with E-state index in [9.17, 15) is 0 Å². The summed E-state index contributed by atoms with van der Waals surface area (Å²) in [5.74, 6) is 0.968. The van der Waals surface area contributed by atoms with Crippen molar-refractivity contribution in [2.75, 3.05) is 0 Å². The Bertz CT molecular complexity index is 2340. The van der Waals surface area contributed by atoms with Gasteiger partial charge in [-0.05, 0) is 59.2 Å². The van der Waals surface area contributed by atoms with Crippen molar-refractivity contribution in [3.63, 3.8) is 0 Å². The lowest BCUT2D eigenvalue weighted by molar-refractivity contribution is 0.228. The quantitative estimate of drug-likeness (QED) is 0.200. The van der Waals surface area contributed by atoms with Crippen molar-refractivity contribution in [3.8, 4) is 39.4 Å². The fourth-order valence-corrected chi connectivity index (χ4v) is 6.94. The topological polar surface area (TPSA) is 35.0 Å². The Morgan fingerprint density at radius 3 is 2.05 bits per heavy atom. The molecule has 0 fully saturated rings. The molecule has 0 spiro atoms. The maximum Gasteiger partial charge on any atom is 0.130 e. The van der Waals surface area contributed by atoms with Crippen LogP contribution in [0.25, 0.3) is 66.2 Å². The molecule has 0 saturated heterocycles. The third-order valence-corrected chi connectivity index (χ3v) is 9.34. The minimum absolute atomic E-state index is 0.0326. The van der Waals surface area contributed by atoms with Gasteiger partial charge in [0.15, 0.2) is 0 Å². The van der Waals surface area contributed by atoms with Gasteiger partial charge in [-0.3, -0.25) is 0 Å². The molecule has 0 amide bonds. The van der Waals surface area contributed by atoms with E-state index in [0.29, 0.717) is 0 Å². The van der Waals surface area contributed by atoms with Gasteiger partial charge in [-0.25, -0.2) is 9.97 Å². The summed E-state index contributed by atoms with van der Waals surface area (Å²) in [6.45, 7) is 2.27. The molecule has 3 heterocycles. The lowest BCUT2D eigenvalue weighted by Crippen LogP contribution is -2.32. The lowest BCUT2D eigenvalue weighted by Gasteiger charge is -2.27. The van der Waals surface area contributed by atoms with Crippen LogP contribution in [-0.2, 0) is 5.41 Å². The molecule has 9 rings (SSSR count). The zero-order chi connectivity index (χ0) is 29.3. The molecule has 0 radical (unpaired) electrons. The van der Waals surface area contributed by atoms with Crippen molar-refractivity contribution in [2.45, 2.75) is 18.4 Å². The van der Waals surface area contributed by atoms with E-state index >= 15 is 0 Å². The van der Waals surface area contributed by atoms with Crippen LogP contribution in [0.4, 0.5) is 0 Å². The predicted molar refractivity (Wildman–Crippen MR) is 181 cm³/mol. The Labute approximate surface area is 255 Å². The predicted octanol–water partition coefficient (Wildman–Crippen LogP) is 10.1. The average Bonchev–Trinajstić information content (AvgIpc) is 3.39. The number of fused-ring (bicyclic) bond motifs is 7. The number of aromatic nitrogens is 2. The van der Waals surface area contributed by atoms with Crippen molar-refractivity contribution < 1.29 is 4.74 Å². The summed E-state index contributed by atoms with van der Waals surface area (Å²) in [5, 5.41) is 4.55. The van der Waals surface area contributed by atoms with Gasteiger partial charge in [0.05, 0.1) is 27.8 Å². The van der Waals surface area contributed by atoms with Gasteiger partial charge in [0, 0.05) is 27.5 Å². The number of hydrogen-bond acceptors (Lipinski definition) is 3. The molecule has 2 aliphatic rings. The van der Waals surface area contributed by atoms with Gasteiger partial charge in [0.2, 0.25) is 0 Å². The van der Waals surface area contributed by atoms with E-state index in [1.807, 2.05) is 18.2 Å². The molecule has 0 N–H and O–H groups in total. The number of ether oxygens (including phenoxy) is 1. The van der Waals surface area contributed by atoms with Crippen molar-refractivity contribution in [2.24, 2.45) is 0 Å². The van der Waals surface area contributed by atoms with Crippen molar-refractivity contribution in [1.82, 2.24) is 9.97 Å². The molecule has 0 saturated carbocycles. The van der Waals surface area contributed by atoms with Crippen molar-refractivity contribution in [3.05, 3.63) is 151 Å². The van der Waals surface area contributed by atoms with Crippen LogP contribution in [0.15, 0.2) is 146 Å². The van der Waals surface area contributed by atoms with E-state index in [2.05, 4.69) is 134 Å². The van der Waals surface area contributed by atoms with Gasteiger partial charge >= 0.3 is 0 Å². The number of hydrogen-bond donors (Lipinski definition) is 0. The molecular weight excluding hydrogens is 536 g/mol. The zero-order valence-electron chi connectivity index (χ0n) is 24.2. The second-order valence-corrected chi connectivity index (χ2v) is 12.0. The van der Waals surface area contributed by atoms with Crippen LogP contribution >= 0.6 is 0 Å². The number of benzene rings is 5. The third-order valence-electron chi connectivity index (χ3n) is 9.34. The Kier molecular flexibility index (Phi) is 5.39. The van der Waals surface area contributed by atoms with Crippen LogP contribution in [0.3, 0.4) is 0 Å². The molecule has 2 unspecified atom stereocenters. The van der Waals surface area contributed by atoms with Crippen LogP contribution in [0.1, 0.15) is 12.5 Å². The average molecular weight is 565 g/mol. The van der Waals surface area contributed by atoms with Crippen LogP contribution in [0.2, 0.25) is 0 Å². The van der Waals surface area contributed by atoms with Crippen LogP contribution in [-0.4, -0.2) is 16.1 Å². The molecule has 44 heavy (non-hydrogen) atoms. The smallest absolute Gasteiger partial charge is 0.130 e. The highest BCUT2D eigenvalue weighted by Crippen LogP contribution is 2.48. The molecule has 5 aromatic carbocycles. The van der Waals surface area contributed by atoms with Gasteiger partial charge in [-0.2, -0.15) is 0 Å². The maximum atomic E-state index is 6.32. The van der Waals surface area contributed by atoms with Crippen molar-refractivity contribution in [1.29, 1.82) is 0 Å². The molecule has 3 heteroatoms. The first kappa shape index (κ1) is 25.0. The number of rotatable bonds is 3. The second-order valence-electron chi connectivity index (χ2n) is 12.0. The Hall–Kier alpha value is -5.54. The second kappa shape index (κ2) is 9.48. The van der Waals surface area contributed by atoms with Gasteiger partial charge in [-0.1, -0.05) is 115 Å². The van der Waals surface area contributed by atoms with Crippen LogP contribution in [0.5, 0.6) is 5.75 Å². The maximum absolute atomic E-state index is 6.32. The fraction of sp³-hybridized carbons (Fsp3) is 0.0732. The van der Waals surface area contributed by atoms with Gasteiger partial charge < -0.3 is 4.74 Å². The highest BCUT2D eigenvalue weighted by molar-refractivity contribution is 6.07. The summed E-state index contributed by atoms with van der Waals surface area (Å²) >= 11 is 0. The Balaban J connectivity index is 1.19. The Morgan fingerprint density at radius 2 is 1.25 bits per heavy atom. The number of pyridine rings is 2. The zero-order valence-corrected chi connectivity index (χ0v) is 24.2. The Morgan fingerprint density at radius 1 is 0.591 bits per heavy atom. The normalized spacial score (nSPS) is 18.4. The lowest BCUT2D eigenvalue weighted by atomic mass is 9.76. The summed E-state index contributed by atoms with van der Waals surface area (Å²) in [4.78, 5) is 10.4. The van der Waals surface area contributed by atoms with Crippen molar-refractivity contribution >= 4 is 32.6 Å². The molecular formula is C41H28N2O. The highest BCUT2D eigenvalue weighted by Gasteiger charge is 2.43. The van der Waals surface area contributed by atoms with Crippen LogP contribution in [0, 0.1) is 0 Å². The van der Waals surface area contributed by atoms with E-state index in [1.54, 1.807) is 0 Å². The van der Waals surface area contributed by atoms with E-state index in [0.717, 1.165) is 50.1 Å². The molecule has 1 aliphatic carbocycles. The first-order valence-electron chi connectivity index (χ1n) is 15.1. The van der Waals surface area contributed by atoms with E-state index in [1.165, 1.54) is 27.5 Å². The number of allylic oxidation sites excluding steroid dienone is 2. The van der Waals surface area contributed by atoms with Gasteiger partial charge in [-0.15, -0.1) is 0 Å². The highest BCUT2D eigenvalue weighted by atomic mass is 16.5. The standard InChI is InChI=1S/C41H28N2O/c1-41-24-8-7-13-38(41)44-37-23-18-29(25-34(37)41)30-19-20-33(32-12-6-5-11-31(30)32)36-22-17-28-15-14-27-16-21-35(26-9-3-2-4-10-26)42-39(27)40(28)43-36/h2-25,38H,1H3. The molecule has 2 aromatic heterocycles. The fourth-order valence-electron chi connectivity index (χ4n) is 6.94. The summed E-state index contributed by atoms with van der Waals surface area (Å²) in [7, 11) is 0. The first-order chi connectivity index (χ1) is 21.7. The van der Waals surface area contributed by atoms with E-state index in [-0.39, 0.29) is 11.5 Å². The number of nitrogens with zero attached hydrogens (tertiary/aromatic N) is 2. The SMILES string of the molecule is CC12C=CC=CC1Oc1ccc(-c3ccc(-c4ccc5ccc6ccc(-c7ccccc7)nc6c5n4)c4ccccc34)cc12. The summed E-state index contributed by atoms with van der Waals surface area (Å²) < 4.78 is 6.32. The molecule has 7 aromatic rings. The van der Waals surface area contributed by atoms with E-state index in [4.69, 9.17) is 14.7 Å². The molecule has 1 aliphatic heterocycles. The molecule has 2 atom stereocenters. The summed E-state index contributed by atoms with van der Waals surface area (Å²) in [5.41, 5.74) is 9.41.